The quantitative estimate of drug-likeness (QED) is 0.689. The second-order valence-corrected chi connectivity index (χ2v) is 7.73. The van der Waals surface area contributed by atoms with Crippen LogP contribution in [0, 0.1) is 0 Å². The van der Waals surface area contributed by atoms with Crippen LogP contribution in [-0.4, -0.2) is 51.2 Å². The highest BCUT2D eigenvalue weighted by molar-refractivity contribution is 6.30. The monoisotopic (exact) mass is 403 g/mol. The summed E-state index contributed by atoms with van der Waals surface area (Å²) in [5.41, 5.74) is 2.93. The summed E-state index contributed by atoms with van der Waals surface area (Å²) in [6.07, 6.45) is 3.08. The molecule has 1 atom stereocenters. The highest BCUT2D eigenvalue weighted by atomic mass is 35.5. The summed E-state index contributed by atoms with van der Waals surface area (Å²) in [5.74, 6) is 0.576. The maximum Gasteiger partial charge on any atom is 0.318 e. The van der Waals surface area contributed by atoms with Crippen LogP contribution >= 0.6 is 11.6 Å². The van der Waals surface area contributed by atoms with Crippen molar-refractivity contribution in [2.24, 2.45) is 0 Å². The van der Waals surface area contributed by atoms with Crippen molar-refractivity contribution in [3.05, 3.63) is 52.3 Å². The third kappa shape index (κ3) is 5.33. The summed E-state index contributed by atoms with van der Waals surface area (Å²) in [6, 6.07) is 7.07. The fourth-order valence-electron chi connectivity index (χ4n) is 3.14. The minimum Gasteiger partial charge on any atom is -0.394 e. The molecule has 3 rings (SSSR count). The van der Waals surface area contributed by atoms with E-state index in [9.17, 15) is 9.90 Å². The van der Waals surface area contributed by atoms with Gasteiger partial charge in [0.15, 0.2) is 0 Å². The van der Waals surface area contributed by atoms with E-state index in [2.05, 4.69) is 20.6 Å². The molecule has 1 aliphatic heterocycles. The molecule has 1 aromatic carbocycles. The molecule has 0 saturated heterocycles. The smallest absolute Gasteiger partial charge is 0.318 e. The van der Waals surface area contributed by atoms with Gasteiger partial charge in [-0.25, -0.2) is 14.8 Å². The van der Waals surface area contributed by atoms with Crippen molar-refractivity contribution >= 4 is 23.6 Å². The fraction of sp³-hybridized carbons (Fsp3) is 0.450. The van der Waals surface area contributed by atoms with Gasteiger partial charge < -0.3 is 20.6 Å². The van der Waals surface area contributed by atoms with E-state index in [4.69, 9.17) is 11.6 Å². The molecule has 0 aliphatic carbocycles. The topological polar surface area (TPSA) is 90.4 Å². The Bertz CT molecular complexity index is 813. The van der Waals surface area contributed by atoms with E-state index >= 15 is 0 Å². The molecule has 0 radical (unpaired) electrons. The SMILES string of the molecule is CC(C)Nc1ncc2c(n1)CN(C(=O)N[C@H](CO)Cc1ccc(Cl)cc1)CC2. The minimum atomic E-state index is -0.362. The molecule has 2 amide bonds. The molecule has 2 heterocycles. The van der Waals surface area contributed by atoms with Gasteiger partial charge in [0.1, 0.15) is 0 Å². The summed E-state index contributed by atoms with van der Waals surface area (Å²) < 4.78 is 0. The van der Waals surface area contributed by atoms with Crippen molar-refractivity contribution in [2.75, 3.05) is 18.5 Å². The molecule has 2 aromatic rings. The fourth-order valence-corrected chi connectivity index (χ4v) is 3.26. The van der Waals surface area contributed by atoms with Gasteiger partial charge in [0.2, 0.25) is 5.95 Å². The third-order valence-electron chi connectivity index (χ3n) is 4.59. The van der Waals surface area contributed by atoms with E-state index in [1.54, 1.807) is 17.0 Å². The number of fused-ring (bicyclic) bond motifs is 1. The number of aliphatic hydroxyl groups is 1. The van der Waals surface area contributed by atoms with Crippen LogP contribution in [-0.2, 0) is 19.4 Å². The van der Waals surface area contributed by atoms with Crippen LogP contribution in [0.4, 0.5) is 10.7 Å². The van der Waals surface area contributed by atoms with Gasteiger partial charge in [0, 0.05) is 23.8 Å². The molecule has 0 unspecified atom stereocenters. The second kappa shape index (κ2) is 9.21. The van der Waals surface area contributed by atoms with E-state index in [1.807, 2.05) is 32.2 Å². The second-order valence-electron chi connectivity index (χ2n) is 7.30. The Hall–Kier alpha value is -2.38. The number of nitrogens with zero attached hydrogens (tertiary/aromatic N) is 3. The van der Waals surface area contributed by atoms with E-state index in [0.717, 1.165) is 16.8 Å². The lowest BCUT2D eigenvalue weighted by Gasteiger charge is -2.30. The lowest BCUT2D eigenvalue weighted by molar-refractivity contribution is 0.176. The molecule has 8 heteroatoms. The summed E-state index contributed by atoms with van der Waals surface area (Å²) in [5, 5.41) is 16.4. The number of nitrogens with one attached hydrogen (secondary N) is 2. The number of carbonyl (C=O) groups is 1. The van der Waals surface area contributed by atoms with Gasteiger partial charge in [0.05, 0.1) is 24.9 Å². The maximum absolute atomic E-state index is 12.7. The largest absolute Gasteiger partial charge is 0.394 e. The van der Waals surface area contributed by atoms with E-state index in [1.165, 1.54) is 0 Å². The van der Waals surface area contributed by atoms with Crippen LogP contribution < -0.4 is 10.6 Å². The highest BCUT2D eigenvalue weighted by Gasteiger charge is 2.24. The molecule has 0 spiro atoms. The minimum absolute atomic E-state index is 0.135. The number of aliphatic hydroxyl groups excluding tert-OH is 1. The average Bonchev–Trinajstić information content (AvgIpc) is 2.68. The maximum atomic E-state index is 12.7. The molecule has 0 bridgehead atoms. The first-order valence-electron chi connectivity index (χ1n) is 9.46. The molecule has 1 aliphatic rings. The Morgan fingerprint density at radius 1 is 1.32 bits per heavy atom. The molecule has 150 valence electrons. The standard InChI is InChI=1S/C20H26ClN5O2/c1-13(2)23-19-22-10-15-7-8-26(11-18(15)25-19)20(28)24-17(12-27)9-14-3-5-16(21)6-4-14/h3-6,10,13,17,27H,7-9,11-12H2,1-2H3,(H,24,28)(H,22,23,25)/t17-/m0/s1. The summed E-state index contributed by atoms with van der Waals surface area (Å²) in [6.45, 7) is 4.94. The average molecular weight is 404 g/mol. The molecular formula is C20H26ClN5O2. The number of halogens is 1. The number of aromatic nitrogens is 2. The van der Waals surface area contributed by atoms with Crippen molar-refractivity contribution in [2.45, 2.75) is 45.3 Å². The lowest BCUT2D eigenvalue weighted by Crippen LogP contribution is -2.48. The van der Waals surface area contributed by atoms with Crippen LogP contribution in [0.2, 0.25) is 5.02 Å². The van der Waals surface area contributed by atoms with Crippen LogP contribution in [0.3, 0.4) is 0 Å². The van der Waals surface area contributed by atoms with E-state index in [-0.39, 0.29) is 24.7 Å². The number of rotatable bonds is 6. The summed E-state index contributed by atoms with van der Waals surface area (Å²) >= 11 is 5.91. The first-order chi connectivity index (χ1) is 13.4. The summed E-state index contributed by atoms with van der Waals surface area (Å²) in [4.78, 5) is 23.3. The van der Waals surface area contributed by atoms with Gasteiger partial charge in [-0.05, 0) is 49.9 Å². The Morgan fingerprint density at radius 3 is 2.75 bits per heavy atom. The van der Waals surface area contributed by atoms with Crippen LogP contribution in [0.1, 0.15) is 30.7 Å². The Morgan fingerprint density at radius 2 is 2.07 bits per heavy atom. The van der Waals surface area contributed by atoms with Gasteiger partial charge in [-0.1, -0.05) is 23.7 Å². The Kier molecular flexibility index (Phi) is 6.70. The first-order valence-corrected chi connectivity index (χ1v) is 9.84. The number of amides is 2. The van der Waals surface area contributed by atoms with Crippen LogP contribution in [0.15, 0.2) is 30.5 Å². The molecule has 1 aromatic heterocycles. The number of anilines is 1. The number of urea groups is 1. The predicted octanol–water partition coefficient (Wildman–Crippen LogP) is 2.62. The zero-order valence-corrected chi connectivity index (χ0v) is 16.9. The molecule has 28 heavy (non-hydrogen) atoms. The molecule has 7 nitrogen and oxygen atoms in total. The van der Waals surface area contributed by atoms with Crippen molar-refractivity contribution < 1.29 is 9.90 Å². The molecular weight excluding hydrogens is 378 g/mol. The number of hydrogen-bond donors (Lipinski definition) is 3. The van der Waals surface area contributed by atoms with Crippen molar-refractivity contribution in [1.29, 1.82) is 0 Å². The number of carbonyl (C=O) groups excluding carboxylic acids is 1. The van der Waals surface area contributed by atoms with Crippen LogP contribution in [0.5, 0.6) is 0 Å². The van der Waals surface area contributed by atoms with Gasteiger partial charge in [-0.2, -0.15) is 0 Å². The van der Waals surface area contributed by atoms with Crippen molar-refractivity contribution in [3.63, 3.8) is 0 Å². The number of benzene rings is 1. The van der Waals surface area contributed by atoms with E-state index < -0.39 is 0 Å². The van der Waals surface area contributed by atoms with Crippen molar-refractivity contribution in [1.82, 2.24) is 20.2 Å². The highest BCUT2D eigenvalue weighted by Crippen LogP contribution is 2.18. The third-order valence-corrected chi connectivity index (χ3v) is 4.85. The summed E-state index contributed by atoms with van der Waals surface area (Å²) in [7, 11) is 0. The lowest BCUT2D eigenvalue weighted by atomic mass is 10.1. The zero-order chi connectivity index (χ0) is 20.1. The van der Waals surface area contributed by atoms with Crippen molar-refractivity contribution in [3.8, 4) is 0 Å². The van der Waals surface area contributed by atoms with Gasteiger partial charge in [0.25, 0.3) is 0 Å². The first kappa shape index (κ1) is 20.4. The van der Waals surface area contributed by atoms with Gasteiger partial charge >= 0.3 is 6.03 Å². The number of hydrogen-bond acceptors (Lipinski definition) is 5. The Balaban J connectivity index is 1.62. The molecule has 3 N–H and O–H groups in total. The van der Waals surface area contributed by atoms with Gasteiger partial charge in [-0.15, -0.1) is 0 Å². The Labute approximate surface area is 170 Å². The molecule has 0 saturated carbocycles. The molecule has 0 fully saturated rings. The van der Waals surface area contributed by atoms with Crippen LogP contribution in [0.25, 0.3) is 0 Å². The van der Waals surface area contributed by atoms with E-state index in [0.29, 0.717) is 36.9 Å². The predicted molar refractivity (Wildman–Crippen MR) is 109 cm³/mol. The zero-order valence-electron chi connectivity index (χ0n) is 16.2. The normalized spacial score (nSPS) is 14.5. The van der Waals surface area contributed by atoms with Gasteiger partial charge in [-0.3, -0.25) is 0 Å².